The van der Waals surface area contributed by atoms with Crippen molar-refractivity contribution in [3.8, 4) is 6.07 Å². The van der Waals surface area contributed by atoms with Gasteiger partial charge in [0.25, 0.3) is 5.56 Å². The molecule has 1 aliphatic heterocycles. The molecule has 2 aromatic heterocycles. The number of carbonyl (C=O) groups excluding carboxylic acids is 1. The summed E-state index contributed by atoms with van der Waals surface area (Å²) in [5.41, 5.74) is -0.535. The highest BCUT2D eigenvalue weighted by atomic mass is 19.1. The molecule has 1 fully saturated rings. The normalized spacial score (nSPS) is 19.8. The van der Waals surface area contributed by atoms with Crippen LogP contribution in [0.2, 0.25) is 0 Å². The summed E-state index contributed by atoms with van der Waals surface area (Å²) in [7, 11) is 1.47. The van der Waals surface area contributed by atoms with Crippen LogP contribution in [0.15, 0.2) is 10.9 Å². The van der Waals surface area contributed by atoms with E-state index in [2.05, 4.69) is 5.10 Å². The number of piperazine rings is 1. The van der Waals surface area contributed by atoms with Gasteiger partial charge in [-0.25, -0.2) is 4.79 Å². The minimum absolute atomic E-state index is 0.0421. The van der Waals surface area contributed by atoms with Crippen molar-refractivity contribution in [2.24, 2.45) is 7.05 Å². The topological polar surface area (TPSA) is 95.9 Å². The number of fused-ring (bicyclic) bond motifs is 1. The van der Waals surface area contributed by atoms with Crippen molar-refractivity contribution in [1.82, 2.24) is 19.1 Å². The molecular weight excluding hydrogens is 391 g/mol. The smallest absolute Gasteiger partial charge is 0.410 e. The standard InChI is InChI=1S/C20H27FN6O3/c1-12-11-26(19(29)30-20(3,4)5)13(2)10-25(12)17-16(21)18(28)24(6)15-9-14(7-8-22)23-27(15)17/h9,12-13H,7,10-11H2,1-6H3/t12-,13+/m0/s1. The summed E-state index contributed by atoms with van der Waals surface area (Å²) in [4.78, 5) is 28.4. The van der Waals surface area contributed by atoms with Gasteiger partial charge >= 0.3 is 6.09 Å². The highest BCUT2D eigenvalue weighted by Crippen LogP contribution is 2.27. The van der Waals surface area contributed by atoms with Gasteiger partial charge < -0.3 is 14.5 Å². The van der Waals surface area contributed by atoms with Crippen molar-refractivity contribution in [1.29, 1.82) is 5.26 Å². The van der Waals surface area contributed by atoms with E-state index in [0.717, 1.165) is 0 Å². The Labute approximate surface area is 174 Å². The third-order valence-electron chi connectivity index (χ3n) is 5.12. The number of hydrogen-bond donors (Lipinski definition) is 0. The zero-order valence-electron chi connectivity index (χ0n) is 18.1. The molecule has 0 aromatic carbocycles. The Balaban J connectivity index is 2.02. The molecule has 3 heterocycles. The van der Waals surface area contributed by atoms with Crippen LogP contribution in [0.4, 0.5) is 15.0 Å². The van der Waals surface area contributed by atoms with Gasteiger partial charge in [-0.05, 0) is 34.6 Å². The number of carbonyl (C=O) groups is 1. The highest BCUT2D eigenvalue weighted by Gasteiger charge is 2.37. The van der Waals surface area contributed by atoms with Crippen molar-refractivity contribution in [3.63, 3.8) is 0 Å². The number of anilines is 1. The lowest BCUT2D eigenvalue weighted by Gasteiger charge is -2.45. The number of hydrogen-bond acceptors (Lipinski definition) is 6. The lowest BCUT2D eigenvalue weighted by molar-refractivity contribution is 0.0129. The molecule has 0 spiro atoms. The van der Waals surface area contributed by atoms with Crippen molar-refractivity contribution in [3.05, 3.63) is 27.9 Å². The molecule has 0 N–H and O–H groups in total. The Hall–Kier alpha value is -3.09. The van der Waals surface area contributed by atoms with Crippen LogP contribution >= 0.6 is 0 Å². The number of aryl methyl sites for hydroxylation is 1. The van der Waals surface area contributed by atoms with E-state index >= 15 is 4.39 Å². The quantitative estimate of drug-likeness (QED) is 0.741. The summed E-state index contributed by atoms with van der Waals surface area (Å²) in [5.74, 6) is -0.873. The highest BCUT2D eigenvalue weighted by molar-refractivity contribution is 5.69. The van der Waals surface area contributed by atoms with Gasteiger partial charge in [0.15, 0.2) is 5.82 Å². The summed E-state index contributed by atoms with van der Waals surface area (Å²) in [6, 6.07) is 3.06. The van der Waals surface area contributed by atoms with E-state index in [1.807, 2.05) is 19.9 Å². The van der Waals surface area contributed by atoms with Gasteiger partial charge in [-0.15, -0.1) is 0 Å². The maximum absolute atomic E-state index is 15.1. The predicted molar refractivity (Wildman–Crippen MR) is 109 cm³/mol. The second-order valence-corrected chi connectivity index (χ2v) is 8.73. The van der Waals surface area contributed by atoms with Crippen molar-refractivity contribution in [2.45, 2.75) is 58.7 Å². The number of halogens is 1. The molecule has 2 atom stereocenters. The van der Waals surface area contributed by atoms with Gasteiger partial charge in [0, 0.05) is 38.3 Å². The molecular formula is C20H27FN6O3. The number of nitriles is 1. The van der Waals surface area contributed by atoms with E-state index in [-0.39, 0.29) is 24.3 Å². The van der Waals surface area contributed by atoms with Gasteiger partial charge in [-0.2, -0.15) is 19.3 Å². The molecule has 1 amide bonds. The molecule has 1 aliphatic rings. The fourth-order valence-corrected chi connectivity index (χ4v) is 3.67. The summed E-state index contributed by atoms with van der Waals surface area (Å²) in [6.45, 7) is 9.72. The molecule has 0 radical (unpaired) electrons. The lowest BCUT2D eigenvalue weighted by Crippen LogP contribution is -2.59. The van der Waals surface area contributed by atoms with Crippen LogP contribution in [0, 0.1) is 17.1 Å². The molecule has 0 saturated carbocycles. The first-order valence-electron chi connectivity index (χ1n) is 9.85. The van der Waals surface area contributed by atoms with Gasteiger partial charge in [-0.1, -0.05) is 0 Å². The minimum atomic E-state index is -0.915. The first kappa shape index (κ1) is 21.6. The van der Waals surface area contributed by atoms with Crippen molar-refractivity contribution < 1.29 is 13.9 Å². The van der Waals surface area contributed by atoms with Crippen LogP contribution in [0.1, 0.15) is 40.3 Å². The monoisotopic (exact) mass is 418 g/mol. The average Bonchev–Trinajstić information content (AvgIpc) is 3.05. The van der Waals surface area contributed by atoms with Gasteiger partial charge in [0.2, 0.25) is 5.82 Å². The average molecular weight is 418 g/mol. The molecule has 2 aromatic rings. The summed E-state index contributed by atoms with van der Waals surface area (Å²) < 4.78 is 23.2. The van der Waals surface area contributed by atoms with Crippen LogP contribution in [-0.4, -0.2) is 55.9 Å². The summed E-state index contributed by atoms with van der Waals surface area (Å²) >= 11 is 0. The van der Waals surface area contributed by atoms with Gasteiger partial charge in [0.05, 0.1) is 18.2 Å². The number of aromatic nitrogens is 3. The third-order valence-corrected chi connectivity index (χ3v) is 5.12. The van der Waals surface area contributed by atoms with E-state index in [4.69, 9.17) is 10.00 Å². The maximum atomic E-state index is 15.1. The Kier molecular flexibility index (Phi) is 5.50. The maximum Gasteiger partial charge on any atom is 0.410 e. The van der Waals surface area contributed by atoms with Crippen LogP contribution in [0.5, 0.6) is 0 Å². The van der Waals surface area contributed by atoms with E-state index in [9.17, 15) is 9.59 Å². The molecule has 9 nitrogen and oxygen atoms in total. The van der Waals surface area contributed by atoms with Crippen LogP contribution in [-0.2, 0) is 18.2 Å². The number of ether oxygens (including phenoxy) is 1. The fourth-order valence-electron chi connectivity index (χ4n) is 3.67. The van der Waals surface area contributed by atoms with E-state index < -0.39 is 23.1 Å². The van der Waals surface area contributed by atoms with Crippen LogP contribution in [0.3, 0.4) is 0 Å². The third kappa shape index (κ3) is 3.84. The van der Waals surface area contributed by atoms with E-state index in [0.29, 0.717) is 24.4 Å². The first-order chi connectivity index (χ1) is 13.9. The van der Waals surface area contributed by atoms with E-state index in [1.165, 1.54) is 16.1 Å². The Morgan fingerprint density at radius 3 is 2.60 bits per heavy atom. The number of rotatable bonds is 2. The molecule has 0 bridgehead atoms. The van der Waals surface area contributed by atoms with E-state index in [1.54, 1.807) is 36.6 Å². The van der Waals surface area contributed by atoms with Crippen LogP contribution < -0.4 is 10.5 Å². The number of amides is 1. The zero-order chi connectivity index (χ0) is 22.4. The van der Waals surface area contributed by atoms with Gasteiger partial charge in [0.1, 0.15) is 11.2 Å². The molecule has 0 unspecified atom stereocenters. The van der Waals surface area contributed by atoms with Gasteiger partial charge in [-0.3, -0.25) is 9.36 Å². The molecule has 1 saturated heterocycles. The largest absolute Gasteiger partial charge is 0.444 e. The Morgan fingerprint density at radius 2 is 2.00 bits per heavy atom. The first-order valence-corrected chi connectivity index (χ1v) is 9.85. The SMILES string of the molecule is C[C@@H]1CN(c2c(F)c(=O)n(C)c3cc(CC#N)nn23)[C@@H](C)CN1C(=O)OC(C)(C)C. The molecule has 162 valence electrons. The lowest BCUT2D eigenvalue weighted by atomic mass is 10.1. The fraction of sp³-hybridized carbons (Fsp3) is 0.600. The molecule has 0 aliphatic carbocycles. The molecule has 30 heavy (non-hydrogen) atoms. The predicted octanol–water partition coefficient (Wildman–Crippen LogP) is 2.07. The van der Waals surface area contributed by atoms with Crippen LogP contribution in [0.25, 0.3) is 5.65 Å². The zero-order valence-corrected chi connectivity index (χ0v) is 18.1. The Bertz CT molecular complexity index is 1080. The minimum Gasteiger partial charge on any atom is -0.444 e. The summed E-state index contributed by atoms with van der Waals surface area (Å²) in [6.07, 6.45) is -0.374. The molecule has 10 heteroatoms. The summed E-state index contributed by atoms with van der Waals surface area (Å²) in [5, 5.41) is 13.3. The van der Waals surface area contributed by atoms with Crippen molar-refractivity contribution >= 4 is 17.6 Å². The van der Waals surface area contributed by atoms with Crippen molar-refractivity contribution in [2.75, 3.05) is 18.0 Å². The second kappa shape index (κ2) is 7.63. The molecule has 3 rings (SSSR count). The Morgan fingerprint density at radius 1 is 1.33 bits per heavy atom. The second-order valence-electron chi connectivity index (χ2n) is 8.73. The number of nitrogens with zero attached hydrogens (tertiary/aromatic N) is 6.